The van der Waals surface area contributed by atoms with Crippen molar-refractivity contribution in [3.05, 3.63) is 95.2 Å². The molecule has 5 rings (SSSR count). The Kier molecular flexibility index (Phi) is 4.86. The van der Waals surface area contributed by atoms with Crippen molar-refractivity contribution in [3.63, 3.8) is 0 Å². The third-order valence-corrected chi connectivity index (χ3v) is 5.76. The largest absolute Gasteiger partial charge is 0.507 e. The second-order valence-corrected chi connectivity index (χ2v) is 7.76. The topological polar surface area (TPSA) is 144 Å². The molecule has 4 N–H and O–H groups in total. The smallest absolute Gasteiger partial charge is 0.339 e. The summed E-state index contributed by atoms with van der Waals surface area (Å²) in [5.41, 5.74) is 1.02. The molecule has 0 bridgehead atoms. The van der Waals surface area contributed by atoms with Crippen molar-refractivity contribution in [1.29, 1.82) is 0 Å². The molecular weight excluding hydrogens is 438 g/mol. The minimum atomic E-state index is -1.39. The number of aromatic nitrogens is 2. The number of carboxylic acids is 1. The number of carbonyl (C=O) groups is 3. The van der Waals surface area contributed by atoms with E-state index in [1.54, 1.807) is 54.7 Å². The number of phenols is 1. The van der Waals surface area contributed by atoms with Crippen LogP contribution in [0.25, 0.3) is 16.7 Å². The molecule has 1 atom stereocenters. The average Bonchev–Trinajstić information content (AvgIpc) is 3.41. The predicted molar refractivity (Wildman–Crippen MR) is 122 cm³/mol. The molecule has 1 unspecified atom stereocenters. The Hall–Kier alpha value is -4.92. The summed E-state index contributed by atoms with van der Waals surface area (Å²) < 4.78 is 0. The van der Waals surface area contributed by atoms with Crippen molar-refractivity contribution in [2.75, 3.05) is 4.90 Å². The van der Waals surface area contributed by atoms with Crippen LogP contribution < -0.4 is 4.90 Å². The summed E-state index contributed by atoms with van der Waals surface area (Å²) in [6.07, 6.45) is 1.62. The number of Topliss-reactive ketones (excluding diaryl/α,β-unsaturated/α-hetero) is 1. The highest BCUT2D eigenvalue weighted by atomic mass is 16.4. The molecule has 1 amide bonds. The van der Waals surface area contributed by atoms with Gasteiger partial charge in [0, 0.05) is 16.6 Å². The van der Waals surface area contributed by atoms with Gasteiger partial charge in [0.25, 0.3) is 11.7 Å². The van der Waals surface area contributed by atoms with Gasteiger partial charge in [0.15, 0.2) is 0 Å². The lowest BCUT2D eigenvalue weighted by Gasteiger charge is -2.26. The summed E-state index contributed by atoms with van der Waals surface area (Å²) >= 11 is 0. The molecule has 9 heteroatoms. The first-order valence-corrected chi connectivity index (χ1v) is 10.2. The van der Waals surface area contributed by atoms with E-state index in [2.05, 4.69) is 10.2 Å². The Bertz CT molecular complexity index is 1510. The van der Waals surface area contributed by atoms with Gasteiger partial charge in [0.2, 0.25) is 0 Å². The number of rotatable bonds is 4. The van der Waals surface area contributed by atoms with E-state index in [9.17, 15) is 29.7 Å². The number of aliphatic hydroxyl groups excluding tert-OH is 1. The first-order chi connectivity index (χ1) is 16.4. The van der Waals surface area contributed by atoms with Gasteiger partial charge in [0.1, 0.15) is 17.1 Å². The van der Waals surface area contributed by atoms with E-state index >= 15 is 0 Å². The fraction of sp³-hybridized carbons (Fsp3) is 0.0400. The fourth-order valence-corrected chi connectivity index (χ4v) is 4.14. The molecule has 0 radical (unpaired) electrons. The van der Waals surface area contributed by atoms with Gasteiger partial charge in [-0.25, -0.2) is 4.79 Å². The Labute approximate surface area is 192 Å². The molecule has 2 heterocycles. The van der Waals surface area contributed by atoms with Crippen LogP contribution in [0.2, 0.25) is 0 Å². The lowest BCUT2D eigenvalue weighted by molar-refractivity contribution is -0.132. The maximum absolute atomic E-state index is 13.2. The van der Waals surface area contributed by atoms with E-state index in [0.717, 1.165) is 22.4 Å². The van der Waals surface area contributed by atoms with Gasteiger partial charge >= 0.3 is 5.97 Å². The van der Waals surface area contributed by atoms with Gasteiger partial charge in [-0.15, -0.1) is 0 Å². The minimum Gasteiger partial charge on any atom is -0.507 e. The number of carbonyl (C=O) groups excluding carboxylic acids is 2. The SMILES string of the molecule is O=C1C(=O)N(c2ccc(O)c(C(=O)O)c2)C(c2ccc3cn[nH]c3c2)/C1=C(/O)c1ccccc1. The molecule has 1 aliphatic heterocycles. The number of nitrogens with zero attached hydrogens (tertiary/aromatic N) is 2. The number of aliphatic hydroxyl groups is 1. The van der Waals surface area contributed by atoms with E-state index < -0.39 is 35.0 Å². The third kappa shape index (κ3) is 3.27. The normalized spacial score (nSPS) is 17.4. The fourth-order valence-electron chi connectivity index (χ4n) is 4.14. The van der Waals surface area contributed by atoms with Crippen LogP contribution in [0, 0.1) is 0 Å². The van der Waals surface area contributed by atoms with E-state index in [1.807, 2.05) is 0 Å². The summed E-state index contributed by atoms with van der Waals surface area (Å²) in [4.78, 5) is 39.1. The van der Waals surface area contributed by atoms with Crippen molar-refractivity contribution in [2.45, 2.75) is 6.04 Å². The molecule has 4 aromatic rings. The van der Waals surface area contributed by atoms with E-state index in [-0.39, 0.29) is 17.0 Å². The lowest BCUT2D eigenvalue weighted by atomic mass is 9.94. The van der Waals surface area contributed by atoms with Crippen molar-refractivity contribution in [2.24, 2.45) is 0 Å². The summed E-state index contributed by atoms with van der Waals surface area (Å²) in [6, 6.07) is 16.1. The van der Waals surface area contributed by atoms with Gasteiger partial charge in [-0.1, -0.05) is 42.5 Å². The standard InChI is InChI=1S/C25H17N3O6/c29-19-9-8-16(11-17(19)25(33)34)28-21(14-6-7-15-12-26-27-18(15)10-14)20(23(31)24(28)32)22(30)13-4-2-1-3-5-13/h1-12,21,29-30H,(H,26,27)(H,33,34)/b22-20-. The molecule has 1 aromatic heterocycles. The Morgan fingerprint density at radius 1 is 0.971 bits per heavy atom. The Balaban J connectivity index is 1.76. The summed E-state index contributed by atoms with van der Waals surface area (Å²) in [7, 11) is 0. The first kappa shape index (κ1) is 21.0. The van der Waals surface area contributed by atoms with Gasteiger partial charge in [-0.3, -0.25) is 19.6 Å². The second kappa shape index (κ2) is 7.89. The van der Waals surface area contributed by atoms with Gasteiger partial charge in [-0.2, -0.15) is 5.10 Å². The predicted octanol–water partition coefficient (Wildman–Crippen LogP) is 3.59. The number of carboxylic acid groups (broad SMARTS) is 1. The number of amides is 1. The van der Waals surface area contributed by atoms with Crippen LogP contribution in [0.4, 0.5) is 5.69 Å². The summed E-state index contributed by atoms with van der Waals surface area (Å²) in [5.74, 6) is -4.08. The quantitative estimate of drug-likeness (QED) is 0.209. The van der Waals surface area contributed by atoms with Crippen LogP contribution in [-0.4, -0.2) is 43.2 Å². The van der Waals surface area contributed by atoms with E-state index in [0.29, 0.717) is 16.6 Å². The molecule has 1 aliphatic rings. The summed E-state index contributed by atoms with van der Waals surface area (Å²) in [6.45, 7) is 0. The zero-order chi connectivity index (χ0) is 24.0. The molecule has 0 spiro atoms. The van der Waals surface area contributed by atoms with Gasteiger partial charge < -0.3 is 15.3 Å². The number of ketones is 1. The highest BCUT2D eigenvalue weighted by Crippen LogP contribution is 2.43. The van der Waals surface area contributed by atoms with Crippen molar-refractivity contribution in [1.82, 2.24) is 10.2 Å². The van der Waals surface area contributed by atoms with E-state index in [4.69, 9.17) is 0 Å². The molecule has 168 valence electrons. The van der Waals surface area contributed by atoms with Crippen LogP contribution in [0.15, 0.2) is 78.5 Å². The van der Waals surface area contributed by atoms with Gasteiger partial charge in [-0.05, 0) is 29.8 Å². The van der Waals surface area contributed by atoms with Crippen molar-refractivity contribution in [3.8, 4) is 5.75 Å². The summed E-state index contributed by atoms with van der Waals surface area (Å²) in [5, 5.41) is 38.1. The molecule has 9 nitrogen and oxygen atoms in total. The highest BCUT2D eigenvalue weighted by Gasteiger charge is 2.47. The lowest BCUT2D eigenvalue weighted by Crippen LogP contribution is -2.29. The number of benzene rings is 3. The third-order valence-electron chi connectivity index (χ3n) is 5.76. The number of aromatic amines is 1. The monoisotopic (exact) mass is 455 g/mol. The number of H-pyrrole nitrogens is 1. The maximum Gasteiger partial charge on any atom is 0.339 e. The number of hydrogen-bond donors (Lipinski definition) is 4. The number of fused-ring (bicyclic) bond motifs is 1. The maximum atomic E-state index is 13.2. The molecule has 3 aromatic carbocycles. The van der Waals surface area contributed by atoms with Crippen molar-refractivity contribution < 1.29 is 29.7 Å². The van der Waals surface area contributed by atoms with Gasteiger partial charge in [0.05, 0.1) is 23.3 Å². The molecule has 0 saturated carbocycles. The number of hydrogen-bond acceptors (Lipinski definition) is 6. The molecule has 1 fully saturated rings. The van der Waals surface area contributed by atoms with Crippen LogP contribution in [0.1, 0.15) is 27.5 Å². The second-order valence-electron chi connectivity index (χ2n) is 7.76. The number of anilines is 1. The zero-order valence-electron chi connectivity index (χ0n) is 17.5. The number of aromatic carboxylic acids is 1. The van der Waals surface area contributed by atoms with Crippen LogP contribution in [0.5, 0.6) is 5.75 Å². The van der Waals surface area contributed by atoms with Crippen LogP contribution in [0.3, 0.4) is 0 Å². The molecular formula is C25H17N3O6. The minimum absolute atomic E-state index is 0.0825. The van der Waals surface area contributed by atoms with Crippen molar-refractivity contribution >= 4 is 40.0 Å². The first-order valence-electron chi connectivity index (χ1n) is 10.2. The molecule has 34 heavy (non-hydrogen) atoms. The van der Waals surface area contributed by atoms with Crippen LogP contribution in [-0.2, 0) is 9.59 Å². The number of aromatic hydroxyl groups is 1. The Morgan fingerprint density at radius 3 is 2.47 bits per heavy atom. The Morgan fingerprint density at radius 2 is 1.74 bits per heavy atom. The zero-order valence-corrected chi connectivity index (χ0v) is 17.5. The molecule has 0 aliphatic carbocycles. The number of nitrogens with one attached hydrogen (secondary N) is 1. The van der Waals surface area contributed by atoms with Crippen LogP contribution >= 0.6 is 0 Å². The highest BCUT2D eigenvalue weighted by molar-refractivity contribution is 6.51. The average molecular weight is 455 g/mol. The molecule has 1 saturated heterocycles. The van der Waals surface area contributed by atoms with E-state index in [1.165, 1.54) is 6.07 Å².